The van der Waals surface area contributed by atoms with Crippen molar-refractivity contribution in [3.63, 3.8) is 0 Å². The number of hydrogen-bond acceptors (Lipinski definition) is 3. The average molecular weight is 248 g/mol. The van der Waals surface area contributed by atoms with Crippen LogP contribution in [0.5, 0.6) is 0 Å². The van der Waals surface area contributed by atoms with Crippen LogP contribution >= 0.6 is 11.8 Å². The molecule has 0 saturated carbocycles. The number of unbranched alkanes of at least 4 members (excludes halogenated alkanes) is 3. The summed E-state index contributed by atoms with van der Waals surface area (Å²) in [5.74, 6) is 0. The Labute approximate surface area is 108 Å². The summed E-state index contributed by atoms with van der Waals surface area (Å²) in [6.45, 7) is 2.19. The van der Waals surface area contributed by atoms with E-state index in [1.54, 1.807) is 0 Å². The van der Waals surface area contributed by atoms with Gasteiger partial charge in [-0.15, -0.1) is 0 Å². The van der Waals surface area contributed by atoms with Crippen LogP contribution in [0.15, 0.2) is 30.3 Å². The van der Waals surface area contributed by atoms with Crippen LogP contribution in [0.1, 0.15) is 44.6 Å². The zero-order chi connectivity index (χ0) is 12.5. The lowest BCUT2D eigenvalue weighted by Crippen LogP contribution is -1.99. The van der Waals surface area contributed by atoms with Crippen LogP contribution < -0.4 is 0 Å². The van der Waals surface area contributed by atoms with Gasteiger partial charge in [-0.2, -0.15) is 0 Å². The van der Waals surface area contributed by atoms with Crippen molar-refractivity contribution in [2.24, 2.45) is 0 Å². The van der Waals surface area contributed by atoms with E-state index < -0.39 is 0 Å². The Morgan fingerprint density at radius 3 is 2.41 bits per heavy atom. The zero-order valence-electron chi connectivity index (χ0n) is 10.3. The molecule has 0 aromatic heterocycles. The van der Waals surface area contributed by atoms with Crippen molar-refractivity contribution in [3.05, 3.63) is 35.9 Å². The van der Waals surface area contributed by atoms with E-state index in [-0.39, 0.29) is 0 Å². The van der Waals surface area contributed by atoms with Gasteiger partial charge >= 0.3 is 0 Å². The van der Waals surface area contributed by atoms with E-state index in [1.807, 2.05) is 30.3 Å². The monoisotopic (exact) mass is 248 g/mol. The molecule has 0 aliphatic rings. The summed E-state index contributed by atoms with van der Waals surface area (Å²) in [6, 6.07) is 9.63. The largest absolute Gasteiger partial charge is 0.298 e. The molecule has 0 aliphatic heterocycles. The van der Waals surface area contributed by atoms with Crippen LogP contribution in [0.2, 0.25) is 0 Å². The predicted molar refractivity (Wildman–Crippen MR) is 77.3 cm³/mol. The summed E-state index contributed by atoms with van der Waals surface area (Å²) >= 11 is 1.28. The van der Waals surface area contributed by atoms with Gasteiger partial charge in [0.05, 0.1) is 5.04 Å². The first-order valence-corrected chi connectivity index (χ1v) is 6.95. The molecule has 0 unspecified atom stereocenters. The Balaban J connectivity index is 2.29. The Morgan fingerprint density at radius 2 is 1.76 bits per heavy atom. The SMILES string of the molecule is CCCCCCC(=N)SC(=N)c1ccccc1. The molecule has 2 N–H and O–H groups in total. The summed E-state index contributed by atoms with van der Waals surface area (Å²) in [5, 5.41) is 16.8. The Morgan fingerprint density at radius 1 is 1.06 bits per heavy atom. The van der Waals surface area contributed by atoms with Crippen LogP contribution in [0, 0.1) is 10.8 Å². The molecule has 1 aromatic carbocycles. The summed E-state index contributed by atoms with van der Waals surface area (Å²) in [6.07, 6.45) is 5.54. The van der Waals surface area contributed by atoms with Gasteiger partial charge in [-0.05, 0) is 12.8 Å². The minimum absolute atomic E-state index is 0.478. The van der Waals surface area contributed by atoms with Gasteiger partial charge in [0.15, 0.2) is 0 Å². The lowest BCUT2D eigenvalue weighted by atomic mass is 10.2. The van der Waals surface area contributed by atoms with E-state index in [0.717, 1.165) is 18.4 Å². The van der Waals surface area contributed by atoms with Crippen molar-refractivity contribution in [1.29, 1.82) is 10.8 Å². The van der Waals surface area contributed by atoms with E-state index in [2.05, 4.69) is 6.92 Å². The Bertz CT molecular complexity index is 360. The third-order valence-electron chi connectivity index (χ3n) is 2.52. The second-order valence-corrected chi connectivity index (χ2v) is 5.14. The van der Waals surface area contributed by atoms with Gasteiger partial charge in [-0.25, -0.2) is 0 Å². The molecular formula is C14H20N2S. The van der Waals surface area contributed by atoms with Crippen LogP contribution in [0.25, 0.3) is 0 Å². The number of hydrogen-bond donors (Lipinski definition) is 2. The van der Waals surface area contributed by atoms with Gasteiger partial charge in [0.1, 0.15) is 5.04 Å². The molecule has 0 spiro atoms. The highest BCUT2D eigenvalue weighted by Crippen LogP contribution is 2.16. The third-order valence-corrected chi connectivity index (χ3v) is 3.41. The van der Waals surface area contributed by atoms with Crippen molar-refractivity contribution in [1.82, 2.24) is 0 Å². The maximum absolute atomic E-state index is 7.90. The van der Waals surface area contributed by atoms with Gasteiger partial charge in [-0.1, -0.05) is 68.3 Å². The lowest BCUT2D eigenvalue weighted by molar-refractivity contribution is 0.684. The Hall–Kier alpha value is -1.09. The quantitative estimate of drug-likeness (QED) is 0.428. The minimum Gasteiger partial charge on any atom is -0.298 e. The third kappa shape index (κ3) is 5.68. The maximum atomic E-state index is 7.90. The molecule has 3 heteroatoms. The van der Waals surface area contributed by atoms with Crippen molar-refractivity contribution in [3.8, 4) is 0 Å². The molecule has 0 atom stereocenters. The van der Waals surface area contributed by atoms with Crippen LogP contribution in [0.3, 0.4) is 0 Å². The zero-order valence-corrected chi connectivity index (χ0v) is 11.1. The summed E-state index contributed by atoms with van der Waals surface area (Å²) in [7, 11) is 0. The Kier molecular flexibility index (Phi) is 6.63. The van der Waals surface area contributed by atoms with Gasteiger partial charge in [0, 0.05) is 5.56 Å². The maximum Gasteiger partial charge on any atom is 0.100 e. The summed E-state index contributed by atoms with van der Waals surface area (Å²) in [5.41, 5.74) is 0.899. The van der Waals surface area contributed by atoms with Gasteiger partial charge in [-0.3, -0.25) is 10.8 Å². The first-order chi connectivity index (χ1) is 8.24. The number of nitrogens with one attached hydrogen (secondary N) is 2. The molecule has 0 aliphatic carbocycles. The van der Waals surface area contributed by atoms with E-state index in [9.17, 15) is 0 Å². The molecule has 0 amide bonds. The van der Waals surface area contributed by atoms with E-state index in [0.29, 0.717) is 10.1 Å². The number of benzene rings is 1. The highest BCUT2D eigenvalue weighted by Gasteiger charge is 2.05. The fraction of sp³-hybridized carbons (Fsp3) is 0.429. The van der Waals surface area contributed by atoms with Crippen molar-refractivity contribution in [2.75, 3.05) is 0 Å². The molecule has 0 heterocycles. The van der Waals surface area contributed by atoms with E-state index in [1.165, 1.54) is 31.0 Å². The fourth-order valence-electron chi connectivity index (χ4n) is 1.54. The molecule has 0 saturated heterocycles. The first-order valence-electron chi connectivity index (χ1n) is 6.13. The molecule has 1 aromatic rings. The topological polar surface area (TPSA) is 47.7 Å². The highest BCUT2D eigenvalue weighted by molar-refractivity contribution is 8.26. The number of rotatable bonds is 6. The standard InChI is InChI=1S/C14H20N2S/c1-2-3-4-8-11-13(15)17-14(16)12-9-6-5-7-10-12/h5-7,9-10,15-16H,2-4,8,11H2,1H3. The molecule has 0 bridgehead atoms. The summed E-state index contributed by atoms with van der Waals surface area (Å²) in [4.78, 5) is 0. The molecule has 2 nitrogen and oxygen atoms in total. The predicted octanol–water partition coefficient (Wildman–Crippen LogP) is 4.69. The molecule has 0 radical (unpaired) electrons. The molecule has 17 heavy (non-hydrogen) atoms. The number of thioether (sulfide) groups is 1. The van der Waals surface area contributed by atoms with Crippen LogP contribution in [0.4, 0.5) is 0 Å². The van der Waals surface area contributed by atoms with E-state index in [4.69, 9.17) is 10.8 Å². The van der Waals surface area contributed by atoms with Crippen LogP contribution in [-0.2, 0) is 0 Å². The fourth-order valence-corrected chi connectivity index (χ4v) is 2.28. The first kappa shape index (κ1) is 14.0. The average Bonchev–Trinajstić information content (AvgIpc) is 2.36. The summed E-state index contributed by atoms with van der Waals surface area (Å²) < 4.78 is 0. The lowest BCUT2D eigenvalue weighted by Gasteiger charge is -2.05. The highest BCUT2D eigenvalue weighted by atomic mass is 32.2. The second-order valence-electron chi connectivity index (χ2n) is 4.03. The normalized spacial score (nSPS) is 10.2. The van der Waals surface area contributed by atoms with Crippen molar-refractivity contribution < 1.29 is 0 Å². The molecule has 1 rings (SSSR count). The molecule has 92 valence electrons. The van der Waals surface area contributed by atoms with Gasteiger partial charge < -0.3 is 0 Å². The van der Waals surface area contributed by atoms with E-state index >= 15 is 0 Å². The minimum atomic E-state index is 0.478. The van der Waals surface area contributed by atoms with Crippen LogP contribution in [-0.4, -0.2) is 10.1 Å². The van der Waals surface area contributed by atoms with Gasteiger partial charge in [0.2, 0.25) is 0 Å². The van der Waals surface area contributed by atoms with Crippen molar-refractivity contribution >= 4 is 21.8 Å². The molecule has 0 fully saturated rings. The molecular weight excluding hydrogens is 228 g/mol. The smallest absolute Gasteiger partial charge is 0.100 e. The van der Waals surface area contributed by atoms with Crippen molar-refractivity contribution in [2.45, 2.75) is 39.0 Å². The second kappa shape index (κ2) is 8.07. The van der Waals surface area contributed by atoms with Gasteiger partial charge in [0.25, 0.3) is 0 Å².